The van der Waals surface area contributed by atoms with Gasteiger partial charge in [-0.25, -0.2) is 5.43 Å². The Morgan fingerprint density at radius 1 is 0.976 bits per heavy atom. The molecule has 2 aromatic rings. The summed E-state index contributed by atoms with van der Waals surface area (Å²) in [5, 5.41) is 9.22. The zero-order chi connectivity index (χ0) is 30.1. The summed E-state index contributed by atoms with van der Waals surface area (Å²) in [4.78, 5) is 59.6. The van der Waals surface area contributed by atoms with Gasteiger partial charge in [-0.3, -0.25) is 29.2 Å². The fourth-order valence-electron chi connectivity index (χ4n) is 5.53. The van der Waals surface area contributed by atoms with Gasteiger partial charge in [-0.2, -0.15) is 0 Å². The predicted octanol–water partition coefficient (Wildman–Crippen LogP) is 2.95. The molecule has 2 aliphatic rings. The third kappa shape index (κ3) is 6.59. The Labute approximate surface area is 241 Å². The third-order valence-corrected chi connectivity index (χ3v) is 7.98. The molecule has 10 heteroatoms. The first-order valence-corrected chi connectivity index (χ1v) is 14.3. The number of amides is 4. The molecular weight excluding hydrogens is 520 g/mol. The second-order valence-electron chi connectivity index (χ2n) is 12.2. The molecule has 0 unspecified atom stereocenters. The highest BCUT2D eigenvalue weighted by Gasteiger charge is 2.38. The standard InChI is InChI=1S/C31H42N6O4/c1-18(2)26-28(39)34-20(4)29(40)37-14-8-9-25(35-37)27(38)33-19(3)21-10-11-22-17-32-24(16-23(22)15-21)12-13-31(5,6)30(41)36(26)7/h10-13,15-20,25-26,35H,8-9,14H2,1-7H3,(H,33,38)(H,34,39)/t19-,20+,25+,26+/m1/s1. The van der Waals surface area contributed by atoms with E-state index in [1.807, 2.05) is 51.1 Å². The molecule has 10 nitrogen and oxygen atoms in total. The normalized spacial score (nSPS) is 26.3. The largest absolute Gasteiger partial charge is 0.348 e. The van der Waals surface area contributed by atoms with Gasteiger partial charge < -0.3 is 15.5 Å². The van der Waals surface area contributed by atoms with Crippen molar-refractivity contribution >= 4 is 40.5 Å². The van der Waals surface area contributed by atoms with Crippen molar-refractivity contribution in [3.05, 3.63) is 47.8 Å². The number of nitrogens with one attached hydrogen (secondary N) is 3. The van der Waals surface area contributed by atoms with Gasteiger partial charge in [0.05, 0.1) is 17.2 Å². The minimum absolute atomic E-state index is 0.196. The Morgan fingerprint density at radius 2 is 1.68 bits per heavy atom. The van der Waals surface area contributed by atoms with Gasteiger partial charge in [-0.05, 0) is 75.6 Å². The molecule has 41 heavy (non-hydrogen) atoms. The Bertz CT molecular complexity index is 1370. The average molecular weight is 563 g/mol. The fraction of sp³-hybridized carbons (Fsp3) is 0.516. The van der Waals surface area contributed by atoms with Crippen LogP contribution in [0.4, 0.5) is 0 Å². The maximum atomic E-state index is 13.7. The number of carbonyl (C=O) groups excluding carboxylic acids is 4. The molecule has 1 saturated heterocycles. The van der Waals surface area contributed by atoms with Crippen molar-refractivity contribution in [2.24, 2.45) is 11.3 Å². The van der Waals surface area contributed by atoms with Crippen molar-refractivity contribution in [1.82, 2.24) is 31.0 Å². The van der Waals surface area contributed by atoms with Crippen LogP contribution in [-0.2, 0) is 19.2 Å². The van der Waals surface area contributed by atoms with Gasteiger partial charge in [0.2, 0.25) is 17.7 Å². The first-order chi connectivity index (χ1) is 19.3. The highest BCUT2D eigenvalue weighted by molar-refractivity contribution is 5.94. The molecule has 1 aromatic heterocycles. The Kier molecular flexibility index (Phi) is 8.82. The van der Waals surface area contributed by atoms with Crippen LogP contribution in [0.25, 0.3) is 16.8 Å². The number of fused-ring (bicyclic) bond motifs is 4. The van der Waals surface area contributed by atoms with Gasteiger partial charge in [0.1, 0.15) is 18.1 Å². The summed E-state index contributed by atoms with van der Waals surface area (Å²) in [7, 11) is 1.62. The minimum atomic E-state index is -0.924. The summed E-state index contributed by atoms with van der Waals surface area (Å²) in [5.74, 6) is -1.37. The van der Waals surface area contributed by atoms with E-state index in [4.69, 9.17) is 0 Å². The summed E-state index contributed by atoms with van der Waals surface area (Å²) < 4.78 is 0. The minimum Gasteiger partial charge on any atom is -0.348 e. The summed E-state index contributed by atoms with van der Waals surface area (Å²) in [6.07, 6.45) is 6.63. The molecule has 0 radical (unpaired) electrons. The predicted molar refractivity (Wildman–Crippen MR) is 158 cm³/mol. The average Bonchev–Trinajstić information content (AvgIpc) is 2.94. The molecule has 0 spiro atoms. The van der Waals surface area contributed by atoms with Crippen LogP contribution in [-0.4, -0.2) is 70.2 Å². The van der Waals surface area contributed by atoms with E-state index < -0.39 is 29.4 Å². The first kappa shape index (κ1) is 30.2. The smallest absolute Gasteiger partial charge is 0.258 e. The molecule has 3 N–H and O–H groups in total. The van der Waals surface area contributed by atoms with Gasteiger partial charge >= 0.3 is 0 Å². The molecule has 4 amide bonds. The van der Waals surface area contributed by atoms with Crippen molar-refractivity contribution in [2.75, 3.05) is 13.6 Å². The van der Waals surface area contributed by atoms with Gasteiger partial charge in [0.25, 0.3) is 5.91 Å². The second kappa shape index (κ2) is 12.0. The van der Waals surface area contributed by atoms with Gasteiger partial charge in [-0.1, -0.05) is 32.1 Å². The zero-order valence-corrected chi connectivity index (χ0v) is 25.0. The molecule has 1 aromatic carbocycles. The van der Waals surface area contributed by atoms with Crippen LogP contribution in [0.2, 0.25) is 0 Å². The zero-order valence-electron chi connectivity index (χ0n) is 25.0. The fourth-order valence-corrected chi connectivity index (χ4v) is 5.53. The van der Waals surface area contributed by atoms with Crippen molar-refractivity contribution in [3.63, 3.8) is 0 Å². The van der Waals surface area contributed by atoms with E-state index >= 15 is 0 Å². The number of hydrogen-bond acceptors (Lipinski definition) is 6. The van der Waals surface area contributed by atoms with Crippen LogP contribution in [0.5, 0.6) is 0 Å². The molecule has 0 saturated carbocycles. The quantitative estimate of drug-likeness (QED) is 0.491. The first-order valence-electron chi connectivity index (χ1n) is 14.3. The second-order valence-corrected chi connectivity index (χ2v) is 12.2. The van der Waals surface area contributed by atoms with E-state index in [-0.39, 0.29) is 29.7 Å². The third-order valence-electron chi connectivity index (χ3n) is 7.98. The van der Waals surface area contributed by atoms with Crippen molar-refractivity contribution in [1.29, 1.82) is 0 Å². The lowest BCUT2D eigenvalue weighted by molar-refractivity contribution is -0.147. The number of pyridine rings is 1. The monoisotopic (exact) mass is 562 g/mol. The van der Waals surface area contributed by atoms with Gasteiger partial charge in [0, 0.05) is 25.2 Å². The lowest BCUT2D eigenvalue weighted by Gasteiger charge is -2.37. The number of likely N-dealkylation sites (N-methyl/N-ethyl adjacent to an activating group) is 1. The van der Waals surface area contributed by atoms with Crippen LogP contribution >= 0.6 is 0 Å². The number of hydrazine groups is 1. The highest BCUT2D eigenvalue weighted by Crippen LogP contribution is 2.26. The van der Waals surface area contributed by atoms with Gasteiger partial charge in [0.15, 0.2) is 0 Å². The van der Waals surface area contributed by atoms with Crippen molar-refractivity contribution in [2.45, 2.75) is 78.6 Å². The molecule has 2 aliphatic heterocycles. The lowest BCUT2D eigenvalue weighted by Crippen LogP contribution is -2.62. The van der Waals surface area contributed by atoms with E-state index in [0.29, 0.717) is 25.1 Å². The summed E-state index contributed by atoms with van der Waals surface area (Å²) in [6.45, 7) is 11.3. The number of rotatable bonds is 1. The number of aromatic nitrogens is 1. The maximum Gasteiger partial charge on any atom is 0.258 e. The highest BCUT2D eigenvalue weighted by atomic mass is 16.2. The molecular formula is C31H42N6O4. The maximum absolute atomic E-state index is 13.7. The molecule has 1 fully saturated rings. The molecule has 4 atom stereocenters. The van der Waals surface area contributed by atoms with E-state index in [2.05, 4.69) is 21.0 Å². The number of benzene rings is 1. The summed E-state index contributed by atoms with van der Waals surface area (Å²) in [5.41, 5.74) is 3.77. The van der Waals surface area contributed by atoms with E-state index in [9.17, 15) is 19.2 Å². The Morgan fingerprint density at radius 3 is 2.39 bits per heavy atom. The molecule has 4 rings (SSSR count). The van der Waals surface area contributed by atoms with Crippen molar-refractivity contribution < 1.29 is 19.2 Å². The van der Waals surface area contributed by atoms with Crippen LogP contribution < -0.4 is 16.1 Å². The van der Waals surface area contributed by atoms with Crippen molar-refractivity contribution in [3.8, 4) is 0 Å². The Balaban J connectivity index is 1.74. The topological polar surface area (TPSA) is 124 Å². The molecule has 220 valence electrons. The van der Waals surface area contributed by atoms with E-state index in [1.54, 1.807) is 40.1 Å². The van der Waals surface area contributed by atoms with E-state index in [1.165, 1.54) is 9.91 Å². The number of carbonyl (C=O) groups is 4. The number of hydrogen-bond donors (Lipinski definition) is 3. The van der Waals surface area contributed by atoms with Crippen LogP contribution in [0, 0.1) is 11.3 Å². The summed E-state index contributed by atoms with van der Waals surface area (Å²) in [6, 6.07) is 5.44. The molecule has 3 heterocycles. The summed E-state index contributed by atoms with van der Waals surface area (Å²) >= 11 is 0. The van der Waals surface area contributed by atoms with Crippen LogP contribution in [0.15, 0.2) is 36.5 Å². The Hall–Kier alpha value is -3.79. The number of nitrogens with zero attached hydrogens (tertiary/aromatic N) is 3. The molecule has 5 bridgehead atoms. The molecule has 0 aliphatic carbocycles. The van der Waals surface area contributed by atoms with Crippen LogP contribution in [0.3, 0.4) is 0 Å². The van der Waals surface area contributed by atoms with E-state index in [0.717, 1.165) is 16.3 Å². The van der Waals surface area contributed by atoms with Gasteiger partial charge in [-0.15, -0.1) is 0 Å². The lowest BCUT2D eigenvalue weighted by atomic mass is 9.89. The van der Waals surface area contributed by atoms with Crippen LogP contribution in [0.1, 0.15) is 71.7 Å². The SMILES string of the molecule is CC(C)[C@H]1C(=O)N[C@@H](C)C(=O)N2CCC[C@H](N2)C(=O)N[C@H](C)c2ccc3cnc(cc3c2)C=CC(C)(C)C(=O)N1C.